The molecule has 0 saturated carbocycles. The van der Waals surface area contributed by atoms with Crippen LogP contribution in [0.25, 0.3) is 0 Å². The first-order valence-electron chi connectivity index (χ1n) is 6.20. The van der Waals surface area contributed by atoms with E-state index < -0.39 is 28.0 Å². The van der Waals surface area contributed by atoms with Crippen LogP contribution in [-0.2, 0) is 26.6 Å². The zero-order chi connectivity index (χ0) is 14.9. The molecule has 0 amide bonds. The Morgan fingerprint density at radius 2 is 2.30 bits per heavy atom. The maximum absolute atomic E-state index is 12.6. The van der Waals surface area contributed by atoms with Crippen molar-refractivity contribution >= 4 is 16.0 Å². The van der Waals surface area contributed by atoms with Gasteiger partial charge in [-0.15, -0.1) is 0 Å². The van der Waals surface area contributed by atoms with Crippen molar-refractivity contribution in [3.05, 3.63) is 12.3 Å². The second-order valence-electron chi connectivity index (χ2n) is 4.55. The van der Waals surface area contributed by atoms with Gasteiger partial charge in [0.25, 0.3) is 10.0 Å². The Kier molecular flexibility index (Phi) is 4.11. The zero-order valence-electron chi connectivity index (χ0n) is 11.3. The quantitative estimate of drug-likeness (QED) is 0.789. The molecular formula is C11H17N3O5S. The van der Waals surface area contributed by atoms with Crippen molar-refractivity contribution in [1.82, 2.24) is 14.1 Å². The number of aliphatic carboxylic acids is 1. The van der Waals surface area contributed by atoms with Gasteiger partial charge in [0.2, 0.25) is 0 Å². The van der Waals surface area contributed by atoms with Crippen LogP contribution in [-0.4, -0.2) is 59.4 Å². The average Bonchev–Trinajstić information content (AvgIpc) is 2.98. The highest BCUT2D eigenvalue weighted by molar-refractivity contribution is 7.89. The normalized spacial score (nSPS) is 23.4. The van der Waals surface area contributed by atoms with Gasteiger partial charge >= 0.3 is 5.97 Å². The number of carboxylic acids is 1. The minimum Gasteiger partial charge on any atom is -0.481 e. The summed E-state index contributed by atoms with van der Waals surface area (Å²) in [6.07, 6.45) is 1.39. The first-order valence-corrected chi connectivity index (χ1v) is 7.64. The van der Waals surface area contributed by atoms with Gasteiger partial charge in [0.1, 0.15) is 0 Å². The molecule has 8 nitrogen and oxygen atoms in total. The summed E-state index contributed by atoms with van der Waals surface area (Å²) in [4.78, 5) is 11.2. The van der Waals surface area contributed by atoms with Gasteiger partial charge in [-0.05, 0) is 6.07 Å². The number of rotatable bonds is 5. The third kappa shape index (κ3) is 2.43. The van der Waals surface area contributed by atoms with Gasteiger partial charge in [-0.3, -0.25) is 9.48 Å². The maximum atomic E-state index is 12.6. The van der Waals surface area contributed by atoms with Crippen molar-refractivity contribution in [2.45, 2.75) is 18.0 Å². The molecule has 1 aliphatic heterocycles. The number of aromatic nitrogens is 2. The predicted molar refractivity (Wildman–Crippen MR) is 68.5 cm³/mol. The summed E-state index contributed by atoms with van der Waals surface area (Å²) in [7, 11) is -2.27. The minimum absolute atomic E-state index is 0.0252. The van der Waals surface area contributed by atoms with Crippen molar-refractivity contribution in [2.24, 2.45) is 13.0 Å². The fourth-order valence-corrected chi connectivity index (χ4v) is 4.14. The fraction of sp³-hybridized carbons (Fsp3) is 0.636. The van der Waals surface area contributed by atoms with Crippen LogP contribution < -0.4 is 0 Å². The van der Waals surface area contributed by atoms with Gasteiger partial charge in [-0.2, -0.15) is 9.40 Å². The molecule has 1 saturated heterocycles. The average molecular weight is 303 g/mol. The molecule has 2 atom stereocenters. The van der Waals surface area contributed by atoms with Crippen LogP contribution in [0.1, 0.15) is 6.92 Å². The highest BCUT2D eigenvalue weighted by Crippen LogP contribution is 2.25. The van der Waals surface area contributed by atoms with Crippen LogP contribution in [0.15, 0.2) is 17.3 Å². The Bertz CT molecular complexity index is 597. The van der Waals surface area contributed by atoms with Gasteiger partial charge < -0.3 is 9.84 Å². The number of carbonyl (C=O) groups is 1. The molecule has 20 heavy (non-hydrogen) atoms. The van der Waals surface area contributed by atoms with Crippen LogP contribution in [0.5, 0.6) is 0 Å². The molecule has 1 aromatic rings. The molecular weight excluding hydrogens is 286 g/mol. The lowest BCUT2D eigenvalue weighted by Crippen LogP contribution is -2.46. The van der Waals surface area contributed by atoms with Crippen LogP contribution >= 0.6 is 0 Å². The standard InChI is InChI=1S/C11H17N3O5S/c1-3-14(9-7-19-6-8(9)11(15)16)20(17,18)10-4-5-12-13(10)2/h4-5,8-9H,3,6-7H2,1-2H3,(H,15,16). The van der Waals surface area contributed by atoms with Crippen molar-refractivity contribution < 1.29 is 23.1 Å². The fourth-order valence-electron chi connectivity index (χ4n) is 2.38. The van der Waals surface area contributed by atoms with Crippen LogP contribution in [0.4, 0.5) is 0 Å². The Balaban J connectivity index is 2.37. The second kappa shape index (κ2) is 5.51. The van der Waals surface area contributed by atoms with Gasteiger partial charge in [0, 0.05) is 13.6 Å². The molecule has 1 N–H and O–H groups in total. The molecule has 0 aromatic carbocycles. The molecule has 2 rings (SSSR count). The summed E-state index contributed by atoms with van der Waals surface area (Å²) in [6.45, 7) is 1.95. The zero-order valence-corrected chi connectivity index (χ0v) is 12.1. The maximum Gasteiger partial charge on any atom is 0.310 e. The van der Waals surface area contributed by atoms with Crippen molar-refractivity contribution in [2.75, 3.05) is 19.8 Å². The smallest absolute Gasteiger partial charge is 0.310 e. The molecule has 0 aliphatic carbocycles. The van der Waals surface area contributed by atoms with Crippen molar-refractivity contribution in [1.29, 1.82) is 0 Å². The van der Waals surface area contributed by atoms with E-state index in [1.54, 1.807) is 6.92 Å². The number of aryl methyl sites for hydroxylation is 1. The molecule has 1 aliphatic rings. The molecule has 2 unspecified atom stereocenters. The van der Waals surface area contributed by atoms with E-state index in [0.29, 0.717) is 0 Å². The highest BCUT2D eigenvalue weighted by Gasteiger charge is 2.43. The molecule has 0 spiro atoms. The SMILES string of the molecule is CCN(C1COCC1C(=O)O)S(=O)(=O)c1ccnn1C. The lowest BCUT2D eigenvalue weighted by atomic mass is 10.0. The van der Waals surface area contributed by atoms with Crippen LogP contribution in [0, 0.1) is 5.92 Å². The van der Waals surface area contributed by atoms with Crippen molar-refractivity contribution in [3.63, 3.8) is 0 Å². The summed E-state index contributed by atoms with van der Waals surface area (Å²) < 4.78 is 32.8. The molecule has 2 heterocycles. The summed E-state index contributed by atoms with van der Waals surface area (Å²) in [6, 6.07) is 0.696. The van der Waals surface area contributed by atoms with E-state index in [9.17, 15) is 13.2 Å². The Morgan fingerprint density at radius 3 is 2.80 bits per heavy atom. The molecule has 9 heteroatoms. The number of carboxylic acid groups (broad SMARTS) is 1. The minimum atomic E-state index is -3.80. The molecule has 1 fully saturated rings. The third-order valence-corrected chi connectivity index (χ3v) is 5.47. The topological polar surface area (TPSA) is 102 Å². The largest absolute Gasteiger partial charge is 0.481 e. The van der Waals surface area contributed by atoms with Gasteiger partial charge in [-0.25, -0.2) is 8.42 Å². The number of hydrogen-bond donors (Lipinski definition) is 1. The van der Waals surface area contributed by atoms with Gasteiger partial charge in [0.05, 0.1) is 31.4 Å². The van der Waals surface area contributed by atoms with E-state index in [0.717, 1.165) is 0 Å². The van der Waals surface area contributed by atoms with E-state index in [4.69, 9.17) is 9.84 Å². The number of likely N-dealkylation sites (N-methyl/N-ethyl adjacent to an activating group) is 1. The lowest BCUT2D eigenvalue weighted by molar-refractivity contribution is -0.142. The van der Waals surface area contributed by atoms with Gasteiger partial charge in [0.15, 0.2) is 5.03 Å². The molecule has 0 bridgehead atoms. The lowest BCUT2D eigenvalue weighted by Gasteiger charge is -2.28. The third-order valence-electron chi connectivity index (χ3n) is 3.40. The Morgan fingerprint density at radius 1 is 1.60 bits per heavy atom. The summed E-state index contributed by atoms with van der Waals surface area (Å²) >= 11 is 0. The molecule has 0 radical (unpaired) electrons. The van der Waals surface area contributed by atoms with Gasteiger partial charge in [-0.1, -0.05) is 6.92 Å². The van der Waals surface area contributed by atoms with E-state index >= 15 is 0 Å². The summed E-state index contributed by atoms with van der Waals surface area (Å²) in [5.41, 5.74) is 0. The van der Waals surface area contributed by atoms with E-state index in [2.05, 4.69) is 5.10 Å². The number of sulfonamides is 1. The first kappa shape index (κ1) is 14.9. The monoisotopic (exact) mass is 303 g/mol. The van der Waals surface area contributed by atoms with E-state index in [1.165, 1.54) is 28.3 Å². The van der Waals surface area contributed by atoms with Crippen molar-refractivity contribution in [3.8, 4) is 0 Å². The van der Waals surface area contributed by atoms with E-state index in [1.807, 2.05) is 0 Å². The Labute approximate surface area is 117 Å². The number of ether oxygens (including phenoxy) is 1. The highest BCUT2D eigenvalue weighted by atomic mass is 32.2. The van der Waals surface area contributed by atoms with Crippen LogP contribution in [0.3, 0.4) is 0 Å². The summed E-state index contributed by atoms with van der Waals surface area (Å²) in [5.74, 6) is -1.90. The first-order chi connectivity index (χ1) is 9.39. The number of hydrogen-bond acceptors (Lipinski definition) is 5. The predicted octanol–water partition coefficient (Wildman–Crippen LogP) is -0.470. The number of nitrogens with zero attached hydrogens (tertiary/aromatic N) is 3. The Hall–Kier alpha value is -1.45. The van der Waals surface area contributed by atoms with E-state index in [-0.39, 0.29) is 24.8 Å². The van der Waals surface area contributed by atoms with Crippen LogP contribution in [0.2, 0.25) is 0 Å². The molecule has 112 valence electrons. The summed E-state index contributed by atoms with van der Waals surface area (Å²) in [5, 5.41) is 13.0. The molecule has 1 aromatic heterocycles. The second-order valence-corrected chi connectivity index (χ2v) is 6.39.